The van der Waals surface area contributed by atoms with Crippen molar-refractivity contribution in [3.8, 4) is 0 Å². The maximum atomic E-state index is 14.9. The molecule has 1 fully saturated rings. The number of benzene rings is 1. The van der Waals surface area contributed by atoms with Crippen molar-refractivity contribution >= 4 is 111 Å². The number of aromatic nitrogens is 5. The van der Waals surface area contributed by atoms with Crippen LogP contribution in [0.15, 0.2) is 55.5 Å². The number of rotatable bonds is 57. The fourth-order valence-electron chi connectivity index (χ4n) is 14.3. The van der Waals surface area contributed by atoms with E-state index in [1.807, 2.05) is 32.9 Å². The maximum Gasteiger partial charge on any atom is 0.326 e. The molecule has 43 nitrogen and oxygen atoms in total. The van der Waals surface area contributed by atoms with Gasteiger partial charge >= 0.3 is 11.9 Å². The SMILES string of the molecule is CC[C@H](C)[C@H](NC(=O)CN)C(=O)N1CCC[C@H]1C(=O)N[C@@H](C)C(=O)N[C@@H](Cc1cnc[nH]1)C(=O)N[C@@H](CCC(=O)O)C(=O)N[C@@H](CCC(N)=O)C(=O)N[C@@H](Cc1cnc[nH]1)C(=O)N[C@H](C(=O)N[C@@H](CCCCN)C(=O)N[C@@H](CCCCN)C(=O)N[C@@H](CC(C)C)C(=O)N[C@@H](Cc1c[nH]c2ccccc12)C(=O)N[C@@H](CC(C)C)C(=O)N[C@@H](CC(C)C)C(=O)O)[C@@H](C)O. The number of aliphatic hydroxyl groups excluding tert-OH is 1. The Hall–Kier alpha value is -12.0. The number of likely N-dealkylation sites (tertiary alicyclic amines) is 1. The highest BCUT2D eigenvalue weighted by Crippen LogP contribution is 2.24. The number of fused-ring (bicyclic) bond motifs is 1. The molecule has 0 unspecified atom stereocenters. The van der Waals surface area contributed by atoms with Crippen molar-refractivity contribution in [3.63, 3.8) is 0 Å². The normalized spacial score (nSPS) is 16.2. The maximum absolute atomic E-state index is 14.9. The van der Waals surface area contributed by atoms with Crippen molar-refractivity contribution < 1.29 is 96.8 Å². The van der Waals surface area contributed by atoms with Gasteiger partial charge in [-0.3, -0.25) is 76.7 Å². The summed E-state index contributed by atoms with van der Waals surface area (Å²) in [4.78, 5) is 256. The Kier molecular flexibility index (Phi) is 43.7. The van der Waals surface area contributed by atoms with E-state index in [-0.39, 0.29) is 125 Å². The highest BCUT2D eigenvalue weighted by molar-refractivity contribution is 6.01. The molecular formula is C83H131N23O20. The Morgan fingerprint density at radius 3 is 1.34 bits per heavy atom. The number of hydrogen-bond donors (Lipinski definition) is 23. The molecule has 0 radical (unpaired) electrons. The number of nitrogens with two attached hydrogens (primary N) is 4. The Bertz CT molecular complexity index is 4290. The van der Waals surface area contributed by atoms with Crippen LogP contribution in [-0.4, -0.2) is 263 Å². The number of amides is 15. The molecule has 4 aromatic rings. The number of imidazole rings is 2. The number of nitrogens with zero attached hydrogens (tertiary/aromatic N) is 3. The van der Waals surface area contributed by atoms with Crippen molar-refractivity contribution in [3.05, 3.63) is 72.5 Å². The zero-order valence-corrected chi connectivity index (χ0v) is 73.4. The predicted octanol–water partition coefficient (Wildman–Crippen LogP) is -3.05. The van der Waals surface area contributed by atoms with E-state index in [2.05, 4.69) is 94.0 Å². The van der Waals surface area contributed by atoms with Crippen LogP contribution in [-0.2, 0) is 101 Å². The Labute approximate surface area is 731 Å². The van der Waals surface area contributed by atoms with Gasteiger partial charge in [-0.2, -0.15) is 0 Å². The molecule has 0 aliphatic carbocycles. The van der Waals surface area contributed by atoms with E-state index in [0.717, 1.165) is 6.92 Å². The fraction of sp³-hybridized carbons (Fsp3) is 0.627. The number of primary amides is 1. The molecule has 0 spiro atoms. The lowest BCUT2D eigenvalue weighted by Gasteiger charge is -2.31. The van der Waals surface area contributed by atoms with Crippen LogP contribution in [0.2, 0.25) is 0 Å². The zero-order valence-electron chi connectivity index (χ0n) is 73.4. The summed E-state index contributed by atoms with van der Waals surface area (Å²) < 4.78 is 0. The molecule has 15 amide bonds. The van der Waals surface area contributed by atoms with Gasteiger partial charge in [0, 0.05) is 79.5 Å². The standard InChI is InChI=1S/C83H131N23O20/c1-11-46(8)68(104-66(109)37-86)82(124)106-30-18-23-64(106)80(122)93-47(9)70(112)98-61(35-50-39-88-41-91-50)78(120)96-57(25-27-67(110)111)73(115)95-56(24-26-65(87)108)74(116)102-62(36-51-40-89-42-92-51)79(121)105-69(48(10)107)81(123)97-55(22-15-17-29-85)71(113)94-54(21-14-16-28-84)72(114)99-58(31-43(2)3)75(117)101-60(34-49-38-90-53-20-13-12-19-52(49)53)77(119)100-59(32-44(4)5)76(118)103-63(83(125)126)33-45(6)7/h12-13,19-20,38-48,54-64,68-69,90,107H,11,14-18,21-37,84-86H2,1-10H3,(H2,87,108)(H,88,91)(H,89,92)(H,93,122)(H,94,113)(H,95,115)(H,96,120)(H,97,123)(H,98,112)(H,99,114)(H,100,119)(H,101,117)(H,102,116)(H,103,118)(H,104,109)(H,105,121)(H,110,111)(H,125,126)/t46-,47-,48+,54-,55-,56-,57-,58-,59-,60-,61-,62-,63-,64-,68-,69-/m0/s1. The minimum absolute atomic E-state index is 0.0158. The first kappa shape index (κ1) is 105. The molecule has 5 rings (SSSR count). The molecule has 4 heterocycles. The number of aliphatic hydroxyl groups is 1. The topological polar surface area (TPSA) is 688 Å². The molecule has 1 saturated heterocycles. The van der Waals surface area contributed by atoms with Gasteiger partial charge in [-0.15, -0.1) is 0 Å². The van der Waals surface area contributed by atoms with Crippen molar-refractivity contribution in [1.29, 1.82) is 0 Å². The van der Waals surface area contributed by atoms with E-state index >= 15 is 0 Å². The second-order valence-electron chi connectivity index (χ2n) is 33.3. The molecule has 0 saturated carbocycles. The van der Waals surface area contributed by atoms with Gasteiger partial charge in [0.1, 0.15) is 84.6 Å². The van der Waals surface area contributed by atoms with Crippen LogP contribution in [0.4, 0.5) is 0 Å². The lowest BCUT2D eigenvalue weighted by Crippen LogP contribution is -2.62. The predicted molar refractivity (Wildman–Crippen MR) is 459 cm³/mol. The molecule has 43 heteroatoms. The highest BCUT2D eigenvalue weighted by atomic mass is 16.4. The van der Waals surface area contributed by atoms with Crippen molar-refractivity contribution in [2.24, 2.45) is 46.6 Å². The third-order valence-electron chi connectivity index (χ3n) is 21.3. The van der Waals surface area contributed by atoms with E-state index < -0.39 is 223 Å². The molecular weight excluding hydrogens is 1640 g/mol. The van der Waals surface area contributed by atoms with E-state index in [1.165, 1.54) is 36.9 Å². The summed E-state index contributed by atoms with van der Waals surface area (Å²) in [5.41, 5.74) is 24.6. The lowest BCUT2D eigenvalue weighted by molar-refractivity contribution is -0.143. The minimum atomic E-state index is -1.94. The summed E-state index contributed by atoms with van der Waals surface area (Å²) in [5, 5.41) is 65.7. The Balaban J connectivity index is 1.39. The van der Waals surface area contributed by atoms with Gasteiger partial charge in [0.25, 0.3) is 0 Å². The van der Waals surface area contributed by atoms with E-state index in [9.17, 15) is 96.8 Å². The van der Waals surface area contributed by atoms with Gasteiger partial charge in [-0.1, -0.05) is 80.0 Å². The van der Waals surface area contributed by atoms with Crippen LogP contribution in [0.1, 0.15) is 189 Å². The summed E-state index contributed by atoms with van der Waals surface area (Å²) in [5.74, 6) is -17.4. The van der Waals surface area contributed by atoms with Gasteiger partial charge in [-0.05, 0) is 146 Å². The van der Waals surface area contributed by atoms with Crippen LogP contribution in [0, 0.1) is 23.7 Å². The summed E-state index contributed by atoms with van der Waals surface area (Å²) >= 11 is 0. The molecule has 27 N–H and O–H groups in total. The number of aliphatic carboxylic acids is 2. The van der Waals surface area contributed by atoms with Gasteiger partial charge in [0.05, 0.1) is 25.3 Å². The number of carboxylic acid groups (broad SMARTS) is 2. The van der Waals surface area contributed by atoms with Gasteiger partial charge in [0.15, 0.2) is 0 Å². The van der Waals surface area contributed by atoms with E-state index in [1.54, 1.807) is 52.9 Å². The number of carbonyl (C=O) groups excluding carboxylic acids is 15. The van der Waals surface area contributed by atoms with Crippen molar-refractivity contribution in [2.45, 2.75) is 282 Å². The average Bonchev–Trinajstić information content (AvgIpc) is 1.66. The van der Waals surface area contributed by atoms with Crippen molar-refractivity contribution in [2.75, 3.05) is 26.2 Å². The zero-order chi connectivity index (χ0) is 93.6. The first-order chi connectivity index (χ1) is 59.7. The molecule has 1 aliphatic rings. The van der Waals surface area contributed by atoms with Gasteiger partial charge < -0.3 is 127 Å². The number of hydrogen-bond acceptors (Lipinski definition) is 23. The van der Waals surface area contributed by atoms with Crippen LogP contribution in [0.5, 0.6) is 0 Å². The van der Waals surface area contributed by atoms with Gasteiger partial charge in [0.2, 0.25) is 88.6 Å². The number of unbranched alkanes of at least 4 members (excludes halogenated alkanes) is 2. The Morgan fingerprint density at radius 2 is 0.897 bits per heavy atom. The fourth-order valence-corrected chi connectivity index (χ4v) is 14.3. The number of aromatic amines is 3. The molecule has 1 aromatic carbocycles. The van der Waals surface area contributed by atoms with Crippen LogP contribution in [0.25, 0.3) is 10.9 Å². The number of H-pyrrole nitrogens is 3. The van der Waals surface area contributed by atoms with Gasteiger partial charge in [-0.25, -0.2) is 14.8 Å². The van der Waals surface area contributed by atoms with E-state index in [0.29, 0.717) is 42.1 Å². The van der Waals surface area contributed by atoms with Crippen LogP contribution >= 0.6 is 0 Å². The second kappa shape index (κ2) is 52.7. The molecule has 126 heavy (non-hydrogen) atoms. The molecule has 16 atom stereocenters. The number of carboxylic acids is 2. The number of para-hydroxylation sites is 1. The second-order valence-corrected chi connectivity index (χ2v) is 33.3. The first-order valence-electron chi connectivity index (χ1n) is 42.9. The van der Waals surface area contributed by atoms with Crippen molar-refractivity contribution in [1.82, 2.24) is 98.9 Å². The molecule has 3 aromatic heterocycles. The lowest BCUT2D eigenvalue weighted by atomic mass is 9.97. The summed E-state index contributed by atoms with van der Waals surface area (Å²) in [6, 6.07) is -13.6. The highest BCUT2D eigenvalue weighted by Gasteiger charge is 2.43. The molecule has 698 valence electrons. The minimum Gasteiger partial charge on any atom is -0.481 e. The largest absolute Gasteiger partial charge is 0.481 e. The quantitative estimate of drug-likeness (QED) is 0.0195. The molecule has 1 aliphatic heterocycles. The summed E-state index contributed by atoms with van der Waals surface area (Å²) in [7, 11) is 0. The third kappa shape index (κ3) is 34.5. The average molecular weight is 1770 g/mol. The molecule has 0 bridgehead atoms. The number of carbonyl (C=O) groups is 17. The Morgan fingerprint density at radius 1 is 0.476 bits per heavy atom. The van der Waals surface area contributed by atoms with Crippen LogP contribution in [0.3, 0.4) is 0 Å². The summed E-state index contributed by atoms with van der Waals surface area (Å²) in [6.07, 6.45) is 3.60. The monoisotopic (exact) mass is 1770 g/mol. The van der Waals surface area contributed by atoms with E-state index in [4.69, 9.17) is 22.9 Å². The smallest absolute Gasteiger partial charge is 0.326 e. The summed E-state index contributed by atoms with van der Waals surface area (Å²) in [6.45, 7) is 16.8. The number of nitrogens with one attached hydrogen (secondary N) is 16. The first-order valence-corrected chi connectivity index (χ1v) is 42.9. The third-order valence-corrected chi connectivity index (χ3v) is 21.3. The van der Waals surface area contributed by atoms with Crippen LogP contribution < -0.4 is 92.1 Å².